The van der Waals surface area contributed by atoms with Gasteiger partial charge in [0.05, 0.1) is 19.2 Å². The van der Waals surface area contributed by atoms with Crippen LogP contribution < -0.4 is 4.74 Å². The number of aromatic nitrogens is 4. The van der Waals surface area contributed by atoms with Crippen LogP contribution in [0.1, 0.15) is 27.9 Å². The number of fused-ring (bicyclic) bond motifs is 1. The lowest BCUT2D eigenvalue weighted by molar-refractivity contribution is 0.0773. The molecule has 1 amide bonds. The van der Waals surface area contributed by atoms with E-state index in [4.69, 9.17) is 9.84 Å². The fraction of sp³-hybridized carbons (Fsp3) is 0.167. The minimum Gasteiger partial charge on any atom is -0.496 e. The van der Waals surface area contributed by atoms with Gasteiger partial charge in [-0.05, 0) is 41.8 Å². The smallest absolute Gasteiger partial charge is 0.257 e. The maximum Gasteiger partial charge on any atom is 0.257 e. The van der Waals surface area contributed by atoms with E-state index in [1.807, 2.05) is 70.5 Å². The second-order valence-corrected chi connectivity index (χ2v) is 9.11. The number of ether oxygens (including phenoxy) is 1. The summed E-state index contributed by atoms with van der Waals surface area (Å²) in [5.74, 6) is 0.659. The molecule has 37 heavy (non-hydrogen) atoms. The molecule has 1 aliphatic rings. The van der Waals surface area contributed by atoms with E-state index in [0.717, 1.165) is 34.1 Å². The number of para-hydroxylation sites is 1. The van der Waals surface area contributed by atoms with Crippen LogP contribution in [0.5, 0.6) is 5.75 Å². The molecule has 0 radical (unpaired) electrons. The molecule has 0 bridgehead atoms. The van der Waals surface area contributed by atoms with E-state index < -0.39 is 0 Å². The molecule has 0 spiro atoms. The second-order valence-electron chi connectivity index (χ2n) is 9.11. The van der Waals surface area contributed by atoms with E-state index >= 15 is 0 Å². The molecule has 2 aromatic carbocycles. The summed E-state index contributed by atoms with van der Waals surface area (Å²) in [5.41, 5.74) is 6.40. The summed E-state index contributed by atoms with van der Waals surface area (Å²) in [6.07, 6.45) is 8.58. The first-order valence-corrected chi connectivity index (χ1v) is 12.4. The van der Waals surface area contributed by atoms with E-state index in [0.29, 0.717) is 36.6 Å². The van der Waals surface area contributed by atoms with Crippen molar-refractivity contribution in [2.75, 3.05) is 20.2 Å². The number of carbonyl (C=O) groups excluding carboxylic acids is 1. The van der Waals surface area contributed by atoms with Crippen LogP contribution in [0, 0.1) is 0 Å². The number of nitrogens with one attached hydrogen (secondary N) is 1. The van der Waals surface area contributed by atoms with Crippen molar-refractivity contribution in [1.29, 1.82) is 0 Å². The lowest BCUT2D eigenvalue weighted by Crippen LogP contribution is -2.34. The zero-order valence-corrected chi connectivity index (χ0v) is 20.6. The summed E-state index contributed by atoms with van der Waals surface area (Å²) in [4.78, 5) is 23.4. The Bertz CT molecular complexity index is 1600. The van der Waals surface area contributed by atoms with Crippen LogP contribution in [0.15, 0.2) is 91.4 Å². The molecule has 184 valence electrons. The summed E-state index contributed by atoms with van der Waals surface area (Å²) in [7, 11) is 1.64. The number of hydrogen-bond acceptors (Lipinski definition) is 4. The maximum atomic E-state index is 13.9. The van der Waals surface area contributed by atoms with Crippen molar-refractivity contribution in [2.24, 2.45) is 0 Å². The molecule has 0 unspecified atom stereocenters. The fourth-order valence-corrected chi connectivity index (χ4v) is 4.96. The van der Waals surface area contributed by atoms with Crippen molar-refractivity contribution < 1.29 is 9.53 Å². The van der Waals surface area contributed by atoms with Gasteiger partial charge in [0, 0.05) is 48.2 Å². The number of nitrogens with zero attached hydrogens (tertiary/aromatic N) is 4. The Morgan fingerprint density at radius 2 is 1.86 bits per heavy atom. The minimum absolute atomic E-state index is 0.0314. The minimum atomic E-state index is -0.0314. The Hall–Kier alpha value is -4.65. The lowest BCUT2D eigenvalue weighted by Gasteiger charge is -2.26. The molecule has 0 aliphatic carbocycles. The van der Waals surface area contributed by atoms with Crippen molar-refractivity contribution >= 4 is 22.5 Å². The molecular weight excluding hydrogens is 462 g/mol. The first-order valence-electron chi connectivity index (χ1n) is 12.4. The van der Waals surface area contributed by atoms with Crippen LogP contribution in [0.2, 0.25) is 0 Å². The Labute approximate surface area is 215 Å². The normalized spacial score (nSPS) is 13.5. The van der Waals surface area contributed by atoms with E-state index in [2.05, 4.69) is 34.2 Å². The molecule has 1 N–H and O–H groups in total. The number of carbonyl (C=O) groups is 1. The van der Waals surface area contributed by atoms with Gasteiger partial charge in [-0.15, -0.1) is 0 Å². The van der Waals surface area contributed by atoms with E-state index in [9.17, 15) is 4.79 Å². The predicted molar refractivity (Wildman–Crippen MR) is 144 cm³/mol. The lowest BCUT2D eigenvalue weighted by atomic mass is 9.99. The third kappa shape index (κ3) is 4.40. The molecule has 7 heteroatoms. The summed E-state index contributed by atoms with van der Waals surface area (Å²) >= 11 is 0. The van der Waals surface area contributed by atoms with Gasteiger partial charge >= 0.3 is 0 Å². The Morgan fingerprint density at radius 3 is 2.68 bits per heavy atom. The van der Waals surface area contributed by atoms with Crippen LogP contribution in [0.4, 0.5) is 0 Å². The molecule has 6 rings (SSSR count). The first-order chi connectivity index (χ1) is 18.2. The highest BCUT2D eigenvalue weighted by molar-refractivity contribution is 6.01. The van der Waals surface area contributed by atoms with Gasteiger partial charge in [0.15, 0.2) is 0 Å². The van der Waals surface area contributed by atoms with Crippen LogP contribution in [-0.2, 0) is 6.54 Å². The van der Waals surface area contributed by atoms with Crippen molar-refractivity contribution in [2.45, 2.75) is 13.0 Å². The van der Waals surface area contributed by atoms with Crippen LogP contribution in [0.25, 0.3) is 27.9 Å². The van der Waals surface area contributed by atoms with Crippen LogP contribution >= 0.6 is 0 Å². The molecule has 0 atom stereocenters. The van der Waals surface area contributed by atoms with Gasteiger partial charge in [0.2, 0.25) is 0 Å². The number of amides is 1. The molecular formula is C30H27N5O2. The van der Waals surface area contributed by atoms with E-state index in [1.54, 1.807) is 13.3 Å². The predicted octanol–water partition coefficient (Wildman–Crippen LogP) is 5.41. The number of methoxy groups -OCH3 is 1. The third-order valence-electron chi connectivity index (χ3n) is 6.83. The van der Waals surface area contributed by atoms with Crippen LogP contribution in [0.3, 0.4) is 0 Å². The molecule has 4 heterocycles. The molecule has 3 aromatic heterocycles. The fourth-order valence-electron chi connectivity index (χ4n) is 4.96. The maximum absolute atomic E-state index is 13.9. The molecule has 0 saturated heterocycles. The average molecular weight is 490 g/mol. The van der Waals surface area contributed by atoms with Gasteiger partial charge in [-0.2, -0.15) is 5.10 Å². The SMILES string of the molecule is COc1ccccc1-c1nn(Cc2ccccc2)cc1C(=O)N1CC=C(c2c[nH]c3ncccc23)CC1. The molecule has 1 aliphatic heterocycles. The highest BCUT2D eigenvalue weighted by Crippen LogP contribution is 2.33. The number of benzene rings is 2. The van der Waals surface area contributed by atoms with Gasteiger partial charge in [-0.1, -0.05) is 48.5 Å². The summed E-state index contributed by atoms with van der Waals surface area (Å²) < 4.78 is 7.45. The highest BCUT2D eigenvalue weighted by Gasteiger charge is 2.26. The van der Waals surface area contributed by atoms with Gasteiger partial charge in [-0.3, -0.25) is 9.48 Å². The number of rotatable bonds is 6. The van der Waals surface area contributed by atoms with Crippen molar-refractivity contribution in [3.05, 3.63) is 108 Å². The quantitative estimate of drug-likeness (QED) is 0.346. The monoisotopic (exact) mass is 489 g/mol. The average Bonchev–Trinajstić information content (AvgIpc) is 3.58. The van der Waals surface area contributed by atoms with Crippen molar-refractivity contribution in [3.8, 4) is 17.0 Å². The number of H-pyrrole nitrogens is 1. The largest absolute Gasteiger partial charge is 0.496 e. The summed E-state index contributed by atoms with van der Waals surface area (Å²) in [5, 5.41) is 5.96. The Kier molecular flexibility index (Phi) is 6.02. The third-order valence-corrected chi connectivity index (χ3v) is 6.83. The van der Waals surface area contributed by atoms with Crippen LogP contribution in [-0.4, -0.2) is 50.8 Å². The van der Waals surface area contributed by atoms with Crippen molar-refractivity contribution in [1.82, 2.24) is 24.6 Å². The molecule has 0 fully saturated rings. The number of aromatic amines is 1. The molecule has 5 aromatic rings. The van der Waals surface area contributed by atoms with Gasteiger partial charge in [0.25, 0.3) is 5.91 Å². The zero-order valence-electron chi connectivity index (χ0n) is 20.6. The van der Waals surface area contributed by atoms with Gasteiger partial charge < -0.3 is 14.6 Å². The number of hydrogen-bond donors (Lipinski definition) is 1. The van der Waals surface area contributed by atoms with E-state index in [1.165, 1.54) is 5.57 Å². The highest BCUT2D eigenvalue weighted by atomic mass is 16.5. The first kappa shape index (κ1) is 22.8. The topological polar surface area (TPSA) is 76.0 Å². The summed E-state index contributed by atoms with van der Waals surface area (Å²) in [6, 6.07) is 21.9. The Balaban J connectivity index is 1.32. The zero-order chi connectivity index (χ0) is 25.2. The summed E-state index contributed by atoms with van der Waals surface area (Å²) in [6.45, 7) is 1.75. The molecule has 7 nitrogen and oxygen atoms in total. The Morgan fingerprint density at radius 1 is 1.03 bits per heavy atom. The van der Waals surface area contributed by atoms with Gasteiger partial charge in [0.1, 0.15) is 17.1 Å². The standard InChI is InChI=1S/C30H27N5O2/c1-37-27-12-6-5-10-24(27)28-26(20-35(33-28)19-21-8-3-2-4-9-21)30(36)34-16-13-22(14-17-34)25-18-32-29-23(25)11-7-15-31-29/h2-13,15,18,20H,14,16-17,19H2,1H3,(H,31,32). The van der Waals surface area contributed by atoms with Crippen molar-refractivity contribution in [3.63, 3.8) is 0 Å². The van der Waals surface area contributed by atoms with E-state index in [-0.39, 0.29) is 5.91 Å². The second kappa shape index (κ2) is 9.78. The molecule has 0 saturated carbocycles. The van der Waals surface area contributed by atoms with Gasteiger partial charge in [-0.25, -0.2) is 4.98 Å². The number of pyridine rings is 1.